The maximum absolute atomic E-state index is 12.2. The monoisotopic (exact) mass is 268 g/mol. The summed E-state index contributed by atoms with van der Waals surface area (Å²) in [6.07, 6.45) is 3.63. The Hall–Kier alpha value is -2.61. The Bertz CT molecular complexity index is 596. The molecular weight excluding hydrogens is 252 g/mol. The smallest absolute Gasteiger partial charge is 0.254 e. The normalized spacial score (nSPS) is 10.0. The van der Waals surface area contributed by atoms with Gasteiger partial charge in [0, 0.05) is 24.5 Å². The quantitative estimate of drug-likeness (QED) is 0.778. The van der Waals surface area contributed by atoms with Crippen molar-refractivity contribution in [1.29, 1.82) is 5.26 Å². The van der Waals surface area contributed by atoms with Crippen LogP contribution < -0.4 is 0 Å². The van der Waals surface area contributed by atoms with Gasteiger partial charge in [-0.05, 0) is 30.7 Å². The van der Waals surface area contributed by atoms with Crippen molar-refractivity contribution >= 4 is 5.91 Å². The van der Waals surface area contributed by atoms with Crippen molar-refractivity contribution in [2.75, 3.05) is 13.1 Å². The Labute approximate surface area is 118 Å². The molecule has 0 saturated carbocycles. The molecule has 0 fully saturated rings. The Morgan fingerprint density at radius 2 is 2.15 bits per heavy atom. The van der Waals surface area contributed by atoms with E-state index in [4.69, 9.17) is 5.26 Å². The number of aromatic nitrogens is 2. The number of carbonyl (C=O) groups excluding carboxylic acids is 1. The fraction of sp³-hybridized carbons (Fsp3) is 0.267. The van der Waals surface area contributed by atoms with Crippen LogP contribution >= 0.6 is 0 Å². The summed E-state index contributed by atoms with van der Waals surface area (Å²) in [6, 6.07) is 11.3. The van der Waals surface area contributed by atoms with E-state index in [1.807, 2.05) is 42.1 Å². The van der Waals surface area contributed by atoms with Crippen LogP contribution in [0.4, 0.5) is 0 Å². The van der Waals surface area contributed by atoms with Gasteiger partial charge >= 0.3 is 0 Å². The fourth-order valence-corrected chi connectivity index (χ4v) is 1.93. The number of carbonyl (C=O) groups is 1. The molecule has 5 heteroatoms. The molecule has 1 amide bonds. The maximum Gasteiger partial charge on any atom is 0.254 e. The molecule has 0 unspecified atom stereocenters. The van der Waals surface area contributed by atoms with Crippen molar-refractivity contribution in [3.8, 4) is 6.07 Å². The minimum Gasteiger partial charge on any atom is -0.326 e. The molecule has 2 aromatic rings. The lowest BCUT2D eigenvalue weighted by Gasteiger charge is -2.17. The van der Waals surface area contributed by atoms with Crippen LogP contribution in [-0.4, -0.2) is 33.7 Å². The molecule has 2 rings (SSSR count). The summed E-state index contributed by atoms with van der Waals surface area (Å²) >= 11 is 0. The lowest BCUT2D eigenvalue weighted by molar-refractivity contribution is 0.0784. The van der Waals surface area contributed by atoms with Gasteiger partial charge in [-0.1, -0.05) is 12.1 Å². The molecule has 0 N–H and O–H groups in total. The number of amides is 1. The molecule has 0 aliphatic heterocycles. The average molecular weight is 268 g/mol. The molecule has 1 aromatic heterocycles. The van der Waals surface area contributed by atoms with E-state index >= 15 is 0 Å². The Morgan fingerprint density at radius 3 is 2.70 bits per heavy atom. The van der Waals surface area contributed by atoms with Gasteiger partial charge < -0.3 is 4.90 Å². The van der Waals surface area contributed by atoms with Crippen LogP contribution in [-0.2, 0) is 6.54 Å². The first kappa shape index (κ1) is 13.8. The topological polar surface area (TPSA) is 61.9 Å². The van der Waals surface area contributed by atoms with Gasteiger partial charge in [-0.25, -0.2) is 0 Å². The summed E-state index contributed by atoms with van der Waals surface area (Å²) in [7, 11) is 0. The average Bonchev–Trinajstić information content (AvgIpc) is 2.98. The van der Waals surface area contributed by atoms with E-state index in [1.165, 1.54) is 4.90 Å². The predicted molar refractivity (Wildman–Crippen MR) is 75.0 cm³/mol. The SMILES string of the molecule is CCN(CC#N)C(=O)c1ccc(Cn2cccn2)cc1. The van der Waals surface area contributed by atoms with Crippen LogP contribution in [0.3, 0.4) is 0 Å². The van der Waals surface area contributed by atoms with Crippen LogP contribution in [0.1, 0.15) is 22.8 Å². The highest BCUT2D eigenvalue weighted by molar-refractivity contribution is 5.94. The Kier molecular flexibility index (Phi) is 4.51. The second-order valence-corrected chi connectivity index (χ2v) is 4.38. The van der Waals surface area contributed by atoms with Crippen LogP contribution in [0.25, 0.3) is 0 Å². The minimum absolute atomic E-state index is 0.111. The summed E-state index contributed by atoms with van der Waals surface area (Å²) in [6.45, 7) is 3.18. The fourth-order valence-electron chi connectivity index (χ4n) is 1.93. The van der Waals surface area contributed by atoms with Gasteiger partial charge in [-0.15, -0.1) is 0 Å². The number of nitrogens with zero attached hydrogens (tertiary/aromatic N) is 4. The lowest BCUT2D eigenvalue weighted by atomic mass is 10.1. The van der Waals surface area contributed by atoms with Crippen molar-refractivity contribution in [3.63, 3.8) is 0 Å². The second kappa shape index (κ2) is 6.53. The first-order chi connectivity index (χ1) is 9.74. The summed E-state index contributed by atoms with van der Waals surface area (Å²) in [5.74, 6) is -0.111. The second-order valence-electron chi connectivity index (χ2n) is 4.38. The number of rotatable bonds is 5. The van der Waals surface area contributed by atoms with E-state index in [0.717, 1.165) is 5.56 Å². The van der Waals surface area contributed by atoms with Gasteiger partial charge in [0.1, 0.15) is 6.54 Å². The first-order valence-electron chi connectivity index (χ1n) is 6.47. The number of hydrogen-bond acceptors (Lipinski definition) is 3. The van der Waals surface area contributed by atoms with Gasteiger partial charge in [0.05, 0.1) is 12.6 Å². The predicted octanol–water partition coefficient (Wildman–Crippen LogP) is 1.92. The van der Waals surface area contributed by atoms with Gasteiger partial charge in [0.25, 0.3) is 5.91 Å². The van der Waals surface area contributed by atoms with Crippen molar-refractivity contribution in [2.45, 2.75) is 13.5 Å². The van der Waals surface area contributed by atoms with Crippen LogP contribution in [0.2, 0.25) is 0 Å². The zero-order valence-corrected chi connectivity index (χ0v) is 11.4. The third-order valence-corrected chi connectivity index (χ3v) is 3.04. The molecule has 0 saturated heterocycles. The highest BCUT2D eigenvalue weighted by atomic mass is 16.2. The molecule has 0 atom stereocenters. The molecule has 0 bridgehead atoms. The summed E-state index contributed by atoms with van der Waals surface area (Å²) in [5.41, 5.74) is 1.68. The maximum atomic E-state index is 12.2. The van der Waals surface area contributed by atoms with Gasteiger partial charge in [-0.3, -0.25) is 9.48 Å². The Morgan fingerprint density at radius 1 is 1.40 bits per heavy atom. The van der Waals surface area contributed by atoms with Gasteiger partial charge in [0.15, 0.2) is 0 Å². The van der Waals surface area contributed by atoms with E-state index in [0.29, 0.717) is 18.7 Å². The molecule has 0 aliphatic carbocycles. The van der Waals surface area contributed by atoms with E-state index in [1.54, 1.807) is 18.3 Å². The van der Waals surface area contributed by atoms with Crippen LogP contribution in [0, 0.1) is 11.3 Å². The van der Waals surface area contributed by atoms with Crippen molar-refractivity contribution in [1.82, 2.24) is 14.7 Å². The van der Waals surface area contributed by atoms with Crippen LogP contribution in [0.5, 0.6) is 0 Å². The molecule has 20 heavy (non-hydrogen) atoms. The van der Waals surface area contributed by atoms with Crippen molar-refractivity contribution < 1.29 is 4.79 Å². The summed E-state index contributed by atoms with van der Waals surface area (Å²) < 4.78 is 1.82. The molecular formula is C15H16N4O. The molecule has 102 valence electrons. The standard InChI is InChI=1S/C15H16N4O/c1-2-18(11-8-16)15(20)14-6-4-13(5-7-14)12-19-10-3-9-17-19/h3-7,9-10H,2,11-12H2,1H3. The molecule has 0 radical (unpaired) electrons. The first-order valence-corrected chi connectivity index (χ1v) is 6.47. The number of hydrogen-bond donors (Lipinski definition) is 0. The van der Waals surface area contributed by atoms with E-state index < -0.39 is 0 Å². The number of nitriles is 1. The van der Waals surface area contributed by atoms with E-state index in [2.05, 4.69) is 5.10 Å². The third-order valence-electron chi connectivity index (χ3n) is 3.04. The Balaban J connectivity index is 2.07. The zero-order chi connectivity index (χ0) is 14.4. The highest BCUT2D eigenvalue weighted by Crippen LogP contribution is 2.09. The molecule has 1 aromatic carbocycles. The number of benzene rings is 1. The minimum atomic E-state index is -0.111. The third kappa shape index (κ3) is 3.23. The summed E-state index contributed by atoms with van der Waals surface area (Å²) in [5, 5.41) is 12.8. The van der Waals surface area contributed by atoms with Crippen molar-refractivity contribution in [3.05, 3.63) is 53.9 Å². The van der Waals surface area contributed by atoms with Crippen LogP contribution in [0.15, 0.2) is 42.7 Å². The summed E-state index contributed by atoms with van der Waals surface area (Å²) in [4.78, 5) is 13.7. The van der Waals surface area contributed by atoms with E-state index in [9.17, 15) is 4.79 Å². The van der Waals surface area contributed by atoms with E-state index in [-0.39, 0.29) is 12.5 Å². The zero-order valence-electron chi connectivity index (χ0n) is 11.4. The van der Waals surface area contributed by atoms with Gasteiger partial charge in [-0.2, -0.15) is 10.4 Å². The van der Waals surface area contributed by atoms with Crippen molar-refractivity contribution in [2.24, 2.45) is 0 Å². The molecule has 5 nitrogen and oxygen atoms in total. The molecule has 0 aliphatic rings. The molecule has 0 spiro atoms. The lowest BCUT2D eigenvalue weighted by Crippen LogP contribution is -2.31. The molecule has 1 heterocycles. The van der Waals surface area contributed by atoms with Gasteiger partial charge in [0.2, 0.25) is 0 Å². The largest absolute Gasteiger partial charge is 0.326 e. The highest BCUT2D eigenvalue weighted by Gasteiger charge is 2.13.